The van der Waals surface area contributed by atoms with Crippen LogP contribution in [0.25, 0.3) is 0 Å². The monoisotopic (exact) mass is 210 g/mol. The smallest absolute Gasteiger partial charge is 0.220 e. The van der Waals surface area contributed by atoms with E-state index in [2.05, 4.69) is 12.2 Å². The lowest BCUT2D eigenvalue weighted by Gasteiger charge is -2.01. The third-order valence-electron chi connectivity index (χ3n) is 2.37. The zero-order valence-electron chi connectivity index (χ0n) is 9.72. The zero-order chi connectivity index (χ0) is 11.4. The van der Waals surface area contributed by atoms with Gasteiger partial charge in [0, 0.05) is 6.42 Å². The van der Waals surface area contributed by atoms with Crippen LogP contribution in [-0.4, -0.2) is 12.5 Å². The van der Waals surface area contributed by atoms with Gasteiger partial charge < -0.3 is 5.32 Å². The summed E-state index contributed by atoms with van der Waals surface area (Å²) in [4.78, 5) is 11.1. The molecule has 0 saturated carbocycles. The van der Waals surface area contributed by atoms with Crippen molar-refractivity contribution in [2.45, 2.75) is 58.3 Å². The van der Waals surface area contributed by atoms with Crippen LogP contribution in [0.4, 0.5) is 0 Å². The Morgan fingerprint density at radius 1 is 1.13 bits per heavy atom. The summed E-state index contributed by atoms with van der Waals surface area (Å²) in [6, 6.07) is 1.89. The van der Waals surface area contributed by atoms with Gasteiger partial charge in [-0.15, -0.1) is 0 Å². The molecule has 0 spiro atoms. The minimum absolute atomic E-state index is 0.00473. The van der Waals surface area contributed by atoms with Gasteiger partial charge in [-0.25, -0.2) is 0 Å². The number of rotatable bonds is 9. The van der Waals surface area contributed by atoms with Gasteiger partial charge in [0.15, 0.2) is 0 Å². The van der Waals surface area contributed by atoms with E-state index in [0.717, 1.165) is 12.8 Å². The van der Waals surface area contributed by atoms with E-state index in [0.29, 0.717) is 6.42 Å². The molecule has 0 bridgehead atoms. The number of hydrogen-bond donors (Lipinski definition) is 1. The molecule has 0 aliphatic rings. The standard InChI is InChI=1S/C12H22N2O/c1-2-3-4-5-6-7-8-9-12(15)14-11-10-13/h2-9,11H2,1H3,(H,14,15). The van der Waals surface area contributed by atoms with Crippen LogP contribution >= 0.6 is 0 Å². The second-order valence-corrected chi connectivity index (χ2v) is 3.81. The molecule has 0 aromatic carbocycles. The molecule has 3 nitrogen and oxygen atoms in total. The van der Waals surface area contributed by atoms with Crippen molar-refractivity contribution in [3.8, 4) is 6.07 Å². The highest BCUT2D eigenvalue weighted by Crippen LogP contribution is 2.07. The van der Waals surface area contributed by atoms with Crippen LogP contribution in [0.1, 0.15) is 58.3 Å². The summed E-state index contributed by atoms with van der Waals surface area (Å²) >= 11 is 0. The van der Waals surface area contributed by atoms with E-state index in [1.807, 2.05) is 6.07 Å². The molecule has 0 aromatic rings. The SMILES string of the molecule is CCCCCCCCCC(=O)NCC#N. The van der Waals surface area contributed by atoms with Crippen molar-refractivity contribution in [2.24, 2.45) is 0 Å². The third-order valence-corrected chi connectivity index (χ3v) is 2.37. The van der Waals surface area contributed by atoms with Gasteiger partial charge in [-0.3, -0.25) is 4.79 Å². The second kappa shape index (κ2) is 11.0. The van der Waals surface area contributed by atoms with E-state index in [1.165, 1.54) is 32.1 Å². The molecule has 0 atom stereocenters. The summed E-state index contributed by atoms with van der Waals surface area (Å²) < 4.78 is 0. The van der Waals surface area contributed by atoms with Crippen LogP contribution in [0, 0.1) is 11.3 Å². The molecule has 3 heteroatoms. The molecule has 0 rings (SSSR count). The molecular weight excluding hydrogens is 188 g/mol. The highest BCUT2D eigenvalue weighted by atomic mass is 16.1. The summed E-state index contributed by atoms with van der Waals surface area (Å²) in [5.74, 6) is 0.00473. The summed E-state index contributed by atoms with van der Waals surface area (Å²) in [6.07, 6.45) is 9.07. The number of unbranched alkanes of at least 4 members (excludes halogenated alkanes) is 6. The van der Waals surface area contributed by atoms with E-state index in [1.54, 1.807) is 0 Å². The first-order chi connectivity index (χ1) is 7.31. The second-order valence-electron chi connectivity index (χ2n) is 3.81. The van der Waals surface area contributed by atoms with Crippen molar-refractivity contribution in [2.75, 3.05) is 6.54 Å². The fourth-order valence-electron chi connectivity index (χ4n) is 1.47. The molecule has 0 aliphatic carbocycles. The molecule has 0 aromatic heterocycles. The lowest BCUT2D eigenvalue weighted by atomic mass is 10.1. The Morgan fingerprint density at radius 3 is 2.33 bits per heavy atom. The van der Waals surface area contributed by atoms with Crippen molar-refractivity contribution in [1.82, 2.24) is 5.32 Å². The Hall–Kier alpha value is -1.04. The van der Waals surface area contributed by atoms with Gasteiger partial charge in [-0.2, -0.15) is 5.26 Å². The molecule has 0 heterocycles. The van der Waals surface area contributed by atoms with Gasteiger partial charge in [-0.05, 0) is 6.42 Å². The first-order valence-electron chi connectivity index (χ1n) is 5.95. The highest BCUT2D eigenvalue weighted by Gasteiger charge is 1.99. The molecular formula is C12H22N2O. The van der Waals surface area contributed by atoms with Gasteiger partial charge in [0.1, 0.15) is 6.54 Å². The average molecular weight is 210 g/mol. The van der Waals surface area contributed by atoms with Gasteiger partial charge in [0.25, 0.3) is 0 Å². The van der Waals surface area contributed by atoms with Crippen molar-refractivity contribution in [1.29, 1.82) is 5.26 Å². The number of nitrogens with one attached hydrogen (secondary N) is 1. The maximum absolute atomic E-state index is 11.1. The van der Waals surface area contributed by atoms with E-state index in [-0.39, 0.29) is 12.5 Å². The molecule has 1 N–H and O–H groups in total. The molecule has 15 heavy (non-hydrogen) atoms. The van der Waals surface area contributed by atoms with Crippen LogP contribution in [0.15, 0.2) is 0 Å². The van der Waals surface area contributed by atoms with Gasteiger partial charge >= 0.3 is 0 Å². The number of nitriles is 1. The minimum atomic E-state index is 0.00473. The molecule has 0 unspecified atom stereocenters. The Kier molecular flexibility index (Phi) is 10.3. The van der Waals surface area contributed by atoms with Crippen LogP contribution in [-0.2, 0) is 4.79 Å². The summed E-state index contributed by atoms with van der Waals surface area (Å²) in [5.41, 5.74) is 0. The van der Waals surface area contributed by atoms with E-state index >= 15 is 0 Å². The third kappa shape index (κ3) is 10.9. The van der Waals surface area contributed by atoms with Gasteiger partial charge in [0.05, 0.1) is 6.07 Å². The normalized spacial score (nSPS) is 9.60. The maximum atomic E-state index is 11.1. The van der Waals surface area contributed by atoms with Crippen LogP contribution in [0.5, 0.6) is 0 Å². The number of carbonyl (C=O) groups is 1. The summed E-state index contributed by atoms with van der Waals surface area (Å²) in [6.45, 7) is 2.34. The molecule has 0 fully saturated rings. The lowest BCUT2D eigenvalue weighted by molar-refractivity contribution is -0.120. The van der Waals surface area contributed by atoms with E-state index < -0.39 is 0 Å². The summed E-state index contributed by atoms with van der Waals surface area (Å²) in [7, 11) is 0. The molecule has 0 aliphatic heterocycles. The minimum Gasteiger partial charge on any atom is -0.343 e. The average Bonchev–Trinajstić information content (AvgIpc) is 2.25. The van der Waals surface area contributed by atoms with Gasteiger partial charge in [0.2, 0.25) is 5.91 Å². The number of nitrogens with zero attached hydrogens (tertiary/aromatic N) is 1. The lowest BCUT2D eigenvalue weighted by Crippen LogP contribution is -2.22. The Balaban J connectivity index is 3.10. The van der Waals surface area contributed by atoms with Gasteiger partial charge in [-0.1, -0.05) is 45.4 Å². The fraction of sp³-hybridized carbons (Fsp3) is 0.833. The molecule has 0 radical (unpaired) electrons. The van der Waals surface area contributed by atoms with Crippen LogP contribution in [0.2, 0.25) is 0 Å². The maximum Gasteiger partial charge on any atom is 0.220 e. The Labute approximate surface area is 92.9 Å². The number of carbonyl (C=O) groups excluding carboxylic acids is 1. The van der Waals surface area contributed by atoms with Crippen molar-refractivity contribution < 1.29 is 4.79 Å². The van der Waals surface area contributed by atoms with Crippen molar-refractivity contribution in [3.63, 3.8) is 0 Å². The largest absolute Gasteiger partial charge is 0.343 e. The molecule has 0 saturated heterocycles. The first kappa shape index (κ1) is 14.0. The van der Waals surface area contributed by atoms with Crippen LogP contribution < -0.4 is 5.32 Å². The van der Waals surface area contributed by atoms with E-state index in [4.69, 9.17) is 5.26 Å². The predicted molar refractivity (Wildman–Crippen MR) is 61.2 cm³/mol. The molecule has 86 valence electrons. The van der Waals surface area contributed by atoms with Crippen molar-refractivity contribution in [3.05, 3.63) is 0 Å². The predicted octanol–water partition coefficient (Wildman–Crippen LogP) is 2.77. The number of hydrogen-bond acceptors (Lipinski definition) is 2. The molecule has 1 amide bonds. The number of amides is 1. The topological polar surface area (TPSA) is 52.9 Å². The van der Waals surface area contributed by atoms with E-state index in [9.17, 15) is 4.79 Å². The Bertz CT molecular complexity index is 196. The van der Waals surface area contributed by atoms with Crippen molar-refractivity contribution >= 4 is 5.91 Å². The summed E-state index contributed by atoms with van der Waals surface area (Å²) in [5, 5.41) is 10.8. The first-order valence-corrected chi connectivity index (χ1v) is 5.95. The Morgan fingerprint density at radius 2 is 1.73 bits per heavy atom. The highest BCUT2D eigenvalue weighted by molar-refractivity contribution is 5.75. The van der Waals surface area contributed by atoms with Crippen LogP contribution in [0.3, 0.4) is 0 Å². The fourth-order valence-corrected chi connectivity index (χ4v) is 1.47. The quantitative estimate of drug-likeness (QED) is 0.470. The zero-order valence-corrected chi connectivity index (χ0v) is 9.72.